The fraction of sp³-hybridized carbons (Fsp3) is 0.636. The molecule has 17 heavy (non-hydrogen) atoms. The zero-order valence-corrected chi connectivity index (χ0v) is 11.1. The molecule has 0 aliphatic heterocycles. The Balaban J connectivity index is 2.66. The molecule has 0 spiro atoms. The first-order valence-electron chi connectivity index (χ1n) is 5.43. The summed E-state index contributed by atoms with van der Waals surface area (Å²) >= 11 is 1.37. The molecule has 5 nitrogen and oxygen atoms in total. The fourth-order valence-electron chi connectivity index (χ4n) is 1.55. The first kappa shape index (κ1) is 14.1. The van der Waals surface area contributed by atoms with Gasteiger partial charge in [-0.25, -0.2) is 4.98 Å². The van der Waals surface area contributed by atoms with Gasteiger partial charge in [0.05, 0.1) is 23.4 Å². The fourth-order valence-corrected chi connectivity index (χ4v) is 2.37. The number of amides is 1. The standard InChI is InChI=1S/C11H18N2O3S/c1-7-10(17-8(2)12-7)11(15)13-9(4-5-14)6-16-3/h9,14H,4-6H2,1-3H3,(H,13,15). The summed E-state index contributed by atoms with van der Waals surface area (Å²) in [4.78, 5) is 16.8. The minimum Gasteiger partial charge on any atom is -0.396 e. The maximum absolute atomic E-state index is 12.0. The predicted molar refractivity (Wildman–Crippen MR) is 66.4 cm³/mol. The molecule has 0 fully saturated rings. The van der Waals surface area contributed by atoms with Gasteiger partial charge in [0.1, 0.15) is 4.88 Å². The second kappa shape index (κ2) is 6.68. The summed E-state index contributed by atoms with van der Waals surface area (Å²) in [5.74, 6) is -0.149. The normalized spacial score (nSPS) is 12.5. The molecule has 1 atom stereocenters. The molecule has 1 heterocycles. The van der Waals surface area contributed by atoms with Crippen LogP contribution in [0.3, 0.4) is 0 Å². The highest BCUT2D eigenvalue weighted by Crippen LogP contribution is 2.17. The molecule has 1 aromatic rings. The van der Waals surface area contributed by atoms with Crippen LogP contribution < -0.4 is 5.32 Å². The average Bonchev–Trinajstić information content (AvgIpc) is 2.58. The number of aryl methyl sites for hydroxylation is 2. The van der Waals surface area contributed by atoms with Gasteiger partial charge in [0.25, 0.3) is 5.91 Å². The van der Waals surface area contributed by atoms with Crippen LogP contribution in [0.25, 0.3) is 0 Å². The number of ether oxygens (including phenoxy) is 1. The lowest BCUT2D eigenvalue weighted by Gasteiger charge is -2.16. The van der Waals surface area contributed by atoms with Crippen LogP contribution in [0.5, 0.6) is 0 Å². The van der Waals surface area contributed by atoms with Crippen LogP contribution >= 0.6 is 11.3 Å². The van der Waals surface area contributed by atoms with Crippen molar-refractivity contribution in [2.45, 2.75) is 26.3 Å². The number of carbonyl (C=O) groups excluding carboxylic acids is 1. The zero-order chi connectivity index (χ0) is 12.8. The lowest BCUT2D eigenvalue weighted by molar-refractivity contribution is 0.0882. The van der Waals surface area contributed by atoms with E-state index in [1.165, 1.54) is 11.3 Å². The zero-order valence-electron chi connectivity index (χ0n) is 10.3. The number of hydrogen-bond acceptors (Lipinski definition) is 5. The molecule has 0 aromatic carbocycles. The summed E-state index contributed by atoms with van der Waals surface area (Å²) in [5, 5.41) is 12.6. The van der Waals surface area contributed by atoms with Crippen LogP contribution in [0.2, 0.25) is 0 Å². The lowest BCUT2D eigenvalue weighted by Crippen LogP contribution is -2.38. The lowest BCUT2D eigenvalue weighted by atomic mass is 10.2. The summed E-state index contributed by atoms with van der Waals surface area (Å²) in [6, 6.07) is -0.167. The molecule has 0 radical (unpaired) electrons. The van der Waals surface area contributed by atoms with E-state index in [1.807, 2.05) is 13.8 Å². The monoisotopic (exact) mass is 258 g/mol. The third-order valence-corrected chi connectivity index (χ3v) is 3.36. The van der Waals surface area contributed by atoms with Crippen molar-refractivity contribution in [1.82, 2.24) is 10.3 Å². The van der Waals surface area contributed by atoms with E-state index in [0.29, 0.717) is 17.9 Å². The van der Waals surface area contributed by atoms with Gasteiger partial charge in [-0.05, 0) is 20.3 Å². The molecule has 0 aliphatic rings. The van der Waals surface area contributed by atoms with Crippen molar-refractivity contribution in [3.63, 3.8) is 0 Å². The van der Waals surface area contributed by atoms with Gasteiger partial charge in [-0.15, -0.1) is 11.3 Å². The summed E-state index contributed by atoms with van der Waals surface area (Å²) < 4.78 is 4.99. The third-order valence-electron chi connectivity index (χ3n) is 2.29. The van der Waals surface area contributed by atoms with Crippen LogP contribution in [0.4, 0.5) is 0 Å². The number of thiazole rings is 1. The molecule has 0 aliphatic carbocycles. The average molecular weight is 258 g/mol. The Morgan fingerprint density at radius 2 is 2.29 bits per heavy atom. The highest BCUT2D eigenvalue weighted by Gasteiger charge is 2.17. The Hall–Kier alpha value is -0.980. The number of aromatic nitrogens is 1. The summed E-state index contributed by atoms with van der Waals surface area (Å²) in [5.41, 5.74) is 0.741. The smallest absolute Gasteiger partial charge is 0.263 e. The van der Waals surface area contributed by atoms with Crippen LogP contribution in [0, 0.1) is 13.8 Å². The Labute approximate surface area is 105 Å². The van der Waals surface area contributed by atoms with E-state index < -0.39 is 0 Å². The Kier molecular flexibility index (Phi) is 5.54. The number of rotatable bonds is 6. The molecule has 0 bridgehead atoms. The molecule has 6 heteroatoms. The number of aliphatic hydroxyl groups excluding tert-OH is 1. The Morgan fingerprint density at radius 3 is 2.76 bits per heavy atom. The van der Waals surface area contributed by atoms with Crippen LogP contribution in [-0.2, 0) is 4.74 Å². The van der Waals surface area contributed by atoms with Crippen molar-refractivity contribution in [3.05, 3.63) is 15.6 Å². The maximum Gasteiger partial charge on any atom is 0.263 e. The van der Waals surface area contributed by atoms with E-state index in [2.05, 4.69) is 10.3 Å². The number of hydrogen-bond donors (Lipinski definition) is 2. The van der Waals surface area contributed by atoms with Crippen molar-refractivity contribution < 1.29 is 14.6 Å². The molecular weight excluding hydrogens is 240 g/mol. The van der Waals surface area contributed by atoms with Gasteiger partial charge in [0.15, 0.2) is 0 Å². The molecule has 2 N–H and O–H groups in total. The molecule has 0 saturated heterocycles. The van der Waals surface area contributed by atoms with E-state index in [-0.39, 0.29) is 18.6 Å². The van der Waals surface area contributed by atoms with Gasteiger partial charge in [-0.3, -0.25) is 4.79 Å². The van der Waals surface area contributed by atoms with Gasteiger partial charge < -0.3 is 15.2 Å². The van der Waals surface area contributed by atoms with E-state index >= 15 is 0 Å². The quantitative estimate of drug-likeness (QED) is 0.795. The molecule has 1 aromatic heterocycles. The Bertz CT molecular complexity index is 373. The summed E-state index contributed by atoms with van der Waals surface area (Å²) in [6.07, 6.45) is 0.483. The first-order valence-corrected chi connectivity index (χ1v) is 6.24. The van der Waals surface area contributed by atoms with Crippen molar-refractivity contribution in [2.75, 3.05) is 20.3 Å². The topological polar surface area (TPSA) is 71.5 Å². The number of nitrogens with zero attached hydrogens (tertiary/aromatic N) is 1. The molecule has 96 valence electrons. The van der Waals surface area contributed by atoms with Gasteiger partial charge in [-0.1, -0.05) is 0 Å². The second-order valence-electron chi connectivity index (χ2n) is 3.79. The molecule has 1 amide bonds. The van der Waals surface area contributed by atoms with Crippen molar-refractivity contribution in [1.29, 1.82) is 0 Å². The summed E-state index contributed by atoms with van der Waals surface area (Å²) in [6.45, 7) is 4.10. The first-order chi connectivity index (χ1) is 8.08. The van der Waals surface area contributed by atoms with E-state index in [0.717, 1.165) is 10.7 Å². The van der Waals surface area contributed by atoms with Gasteiger partial charge in [-0.2, -0.15) is 0 Å². The number of carbonyl (C=O) groups is 1. The van der Waals surface area contributed by atoms with E-state index in [9.17, 15) is 4.79 Å². The minimum absolute atomic E-state index is 0.0228. The summed E-state index contributed by atoms with van der Waals surface area (Å²) in [7, 11) is 1.57. The van der Waals surface area contributed by atoms with Gasteiger partial charge >= 0.3 is 0 Å². The van der Waals surface area contributed by atoms with E-state index in [4.69, 9.17) is 9.84 Å². The van der Waals surface area contributed by atoms with Crippen molar-refractivity contribution in [2.24, 2.45) is 0 Å². The van der Waals surface area contributed by atoms with Crippen molar-refractivity contribution in [3.8, 4) is 0 Å². The van der Waals surface area contributed by atoms with Crippen LogP contribution in [0.1, 0.15) is 26.8 Å². The predicted octanol–water partition coefficient (Wildman–Crippen LogP) is 0.887. The number of methoxy groups -OCH3 is 1. The highest BCUT2D eigenvalue weighted by molar-refractivity contribution is 7.13. The van der Waals surface area contributed by atoms with E-state index in [1.54, 1.807) is 7.11 Å². The number of aliphatic hydroxyl groups is 1. The second-order valence-corrected chi connectivity index (χ2v) is 4.99. The molecule has 0 saturated carbocycles. The molecular formula is C11H18N2O3S. The minimum atomic E-state index is -0.167. The van der Waals surface area contributed by atoms with Gasteiger partial charge in [0.2, 0.25) is 0 Å². The number of nitrogens with one attached hydrogen (secondary N) is 1. The maximum atomic E-state index is 12.0. The highest BCUT2D eigenvalue weighted by atomic mass is 32.1. The van der Waals surface area contributed by atoms with Crippen LogP contribution in [-0.4, -0.2) is 42.4 Å². The largest absolute Gasteiger partial charge is 0.396 e. The Morgan fingerprint density at radius 1 is 1.59 bits per heavy atom. The third kappa shape index (κ3) is 4.07. The van der Waals surface area contributed by atoms with Gasteiger partial charge in [0, 0.05) is 13.7 Å². The SMILES string of the molecule is COCC(CCO)NC(=O)c1sc(C)nc1C. The van der Waals surface area contributed by atoms with Crippen LogP contribution in [0.15, 0.2) is 0 Å². The molecule has 1 unspecified atom stereocenters. The molecule has 1 rings (SSSR count). The van der Waals surface area contributed by atoms with Crippen molar-refractivity contribution >= 4 is 17.2 Å².